The molecule has 4 rings (SSSR count). The van der Waals surface area contributed by atoms with Crippen LogP contribution in [0.1, 0.15) is 5.56 Å². The van der Waals surface area contributed by atoms with Crippen LogP contribution in [0.15, 0.2) is 47.5 Å². The summed E-state index contributed by atoms with van der Waals surface area (Å²) in [6, 6.07) is 14.2. The van der Waals surface area contributed by atoms with Crippen LogP contribution in [0.25, 0.3) is 11.8 Å². The van der Waals surface area contributed by atoms with Gasteiger partial charge in [0.15, 0.2) is 0 Å². The Labute approximate surface area is 98.2 Å². The monoisotopic (exact) mass is 219 g/mol. The van der Waals surface area contributed by atoms with E-state index in [1.807, 2.05) is 36.5 Å². The fourth-order valence-electron chi connectivity index (χ4n) is 2.38. The zero-order chi connectivity index (χ0) is 11.2. The van der Waals surface area contributed by atoms with Crippen LogP contribution >= 0.6 is 0 Å². The maximum Gasteiger partial charge on any atom is 0.134 e. The predicted octanol–water partition coefficient (Wildman–Crippen LogP) is 1.73. The lowest BCUT2D eigenvalue weighted by molar-refractivity contribution is 0.539. The largest absolute Gasteiger partial charge is 0.464 e. The summed E-state index contributed by atoms with van der Waals surface area (Å²) in [5.41, 5.74) is 3.28. The number of para-hydroxylation sites is 1. The first-order valence-electron chi connectivity index (χ1n) is 5.57. The van der Waals surface area contributed by atoms with Gasteiger partial charge in [-0.3, -0.25) is 4.99 Å². The minimum absolute atomic E-state index is 0.887. The summed E-state index contributed by atoms with van der Waals surface area (Å²) in [4.78, 5) is 4.46. The number of hydrogen-bond acceptors (Lipinski definition) is 2. The van der Waals surface area contributed by atoms with Crippen molar-refractivity contribution in [3.8, 4) is 5.75 Å². The molecule has 17 heavy (non-hydrogen) atoms. The summed E-state index contributed by atoms with van der Waals surface area (Å²) >= 11 is 0. The van der Waals surface area contributed by atoms with Gasteiger partial charge in [-0.2, -0.15) is 0 Å². The molecule has 2 aliphatic heterocycles. The van der Waals surface area contributed by atoms with Crippen LogP contribution in [-0.2, 0) is 0 Å². The van der Waals surface area contributed by atoms with Crippen molar-refractivity contribution in [3.63, 3.8) is 0 Å². The van der Waals surface area contributed by atoms with Crippen LogP contribution in [0.4, 0.5) is 5.69 Å². The molecule has 80 valence electrons. The second-order valence-electron chi connectivity index (χ2n) is 4.15. The Morgan fingerprint density at radius 1 is 0.941 bits per heavy atom. The van der Waals surface area contributed by atoms with E-state index in [-0.39, 0.29) is 0 Å². The molecule has 0 atom stereocenters. The highest BCUT2D eigenvalue weighted by Crippen LogP contribution is 2.27. The van der Waals surface area contributed by atoms with Gasteiger partial charge in [0.25, 0.3) is 0 Å². The van der Waals surface area contributed by atoms with Gasteiger partial charge in [-0.1, -0.05) is 30.3 Å². The van der Waals surface area contributed by atoms with E-state index in [0.717, 1.165) is 27.8 Å². The highest BCUT2D eigenvalue weighted by molar-refractivity contribution is 6.14. The highest BCUT2D eigenvalue weighted by atomic mass is 16.5. The molecular formula is C15H9NO. The van der Waals surface area contributed by atoms with Crippen molar-refractivity contribution in [2.75, 3.05) is 0 Å². The van der Waals surface area contributed by atoms with Crippen LogP contribution < -0.4 is 15.2 Å². The third-order valence-electron chi connectivity index (χ3n) is 3.17. The molecule has 2 aliphatic rings. The summed E-state index contributed by atoms with van der Waals surface area (Å²) < 4.78 is 5.73. The highest BCUT2D eigenvalue weighted by Gasteiger charge is 2.16. The average Bonchev–Trinajstić information content (AvgIpc) is 2.73. The molecule has 0 N–H and O–H groups in total. The van der Waals surface area contributed by atoms with E-state index in [9.17, 15) is 0 Å². The molecule has 0 radical (unpaired) electrons. The van der Waals surface area contributed by atoms with Gasteiger partial charge in [0.1, 0.15) is 5.75 Å². The number of fused-ring (bicyclic) bond motifs is 2. The second-order valence-corrected chi connectivity index (χ2v) is 4.15. The van der Waals surface area contributed by atoms with Crippen molar-refractivity contribution in [1.82, 2.24) is 0 Å². The lowest BCUT2D eigenvalue weighted by Gasteiger charge is -2.04. The molecule has 0 amide bonds. The predicted molar refractivity (Wildman–Crippen MR) is 67.9 cm³/mol. The molecule has 2 nitrogen and oxygen atoms in total. The summed E-state index contributed by atoms with van der Waals surface area (Å²) in [6.07, 6.45) is 3.73. The van der Waals surface area contributed by atoms with E-state index in [0.29, 0.717) is 0 Å². The van der Waals surface area contributed by atoms with Crippen molar-refractivity contribution in [3.05, 3.63) is 58.5 Å². The maximum absolute atomic E-state index is 5.73. The zero-order valence-corrected chi connectivity index (χ0v) is 9.05. The lowest BCUT2D eigenvalue weighted by Crippen LogP contribution is -2.25. The SMILES string of the molecule is C1=Nc2cccc3c2=C1c1ccccc1OC=3. The molecule has 0 unspecified atom stereocenters. The summed E-state index contributed by atoms with van der Waals surface area (Å²) in [5, 5.41) is 2.27. The normalized spacial score (nSPS) is 14.5. The minimum atomic E-state index is 0.887. The number of hydrogen-bond donors (Lipinski definition) is 0. The topological polar surface area (TPSA) is 21.6 Å². The molecule has 0 fully saturated rings. The minimum Gasteiger partial charge on any atom is -0.464 e. The summed E-state index contributed by atoms with van der Waals surface area (Å²) in [6.45, 7) is 0. The molecular weight excluding hydrogens is 210 g/mol. The van der Waals surface area contributed by atoms with Gasteiger partial charge in [0.2, 0.25) is 0 Å². The van der Waals surface area contributed by atoms with Crippen molar-refractivity contribution < 1.29 is 4.74 Å². The number of rotatable bonds is 0. The number of benzene rings is 2. The first-order chi connectivity index (χ1) is 8.43. The van der Waals surface area contributed by atoms with Crippen molar-refractivity contribution >= 4 is 23.7 Å². The lowest BCUT2D eigenvalue weighted by atomic mass is 10.0. The fraction of sp³-hybridized carbons (Fsp3) is 0. The molecule has 0 aliphatic carbocycles. The molecule has 2 aromatic carbocycles. The summed E-state index contributed by atoms with van der Waals surface area (Å²) in [7, 11) is 0. The first-order valence-corrected chi connectivity index (χ1v) is 5.57. The van der Waals surface area contributed by atoms with Crippen LogP contribution in [-0.4, -0.2) is 6.21 Å². The Bertz CT molecular complexity index is 772. The van der Waals surface area contributed by atoms with Crippen molar-refractivity contribution in [2.45, 2.75) is 0 Å². The van der Waals surface area contributed by atoms with E-state index in [2.05, 4.69) is 17.1 Å². The standard InChI is InChI=1S/C15H9NO/c1-2-7-14-11(5-1)12-8-16-13-6-3-4-10(9-17-14)15(12)13/h1-9H. The smallest absolute Gasteiger partial charge is 0.134 e. The van der Waals surface area contributed by atoms with Gasteiger partial charge in [0, 0.05) is 27.8 Å². The van der Waals surface area contributed by atoms with Crippen LogP contribution in [0, 0.1) is 0 Å². The zero-order valence-electron chi connectivity index (χ0n) is 9.05. The van der Waals surface area contributed by atoms with Crippen molar-refractivity contribution in [2.24, 2.45) is 4.99 Å². The molecule has 2 heteroatoms. The van der Waals surface area contributed by atoms with Gasteiger partial charge in [-0.25, -0.2) is 0 Å². The molecule has 0 aromatic heterocycles. The molecule has 0 spiro atoms. The first kappa shape index (κ1) is 8.76. The Hall–Kier alpha value is -2.35. The Balaban J connectivity index is 2.24. The van der Waals surface area contributed by atoms with E-state index in [4.69, 9.17) is 4.74 Å². The van der Waals surface area contributed by atoms with Crippen LogP contribution in [0.5, 0.6) is 5.75 Å². The van der Waals surface area contributed by atoms with Gasteiger partial charge >= 0.3 is 0 Å². The summed E-state index contributed by atoms with van der Waals surface area (Å²) in [5.74, 6) is 0.887. The van der Waals surface area contributed by atoms with E-state index < -0.39 is 0 Å². The quantitative estimate of drug-likeness (QED) is 0.661. The molecule has 2 heterocycles. The Morgan fingerprint density at radius 3 is 2.88 bits per heavy atom. The Morgan fingerprint density at radius 2 is 1.88 bits per heavy atom. The molecule has 2 aromatic rings. The van der Waals surface area contributed by atoms with Gasteiger partial charge < -0.3 is 4.74 Å². The maximum atomic E-state index is 5.73. The number of ether oxygens (including phenoxy) is 1. The Kier molecular flexibility index (Phi) is 1.59. The fourth-order valence-corrected chi connectivity index (χ4v) is 2.38. The average molecular weight is 219 g/mol. The van der Waals surface area contributed by atoms with Gasteiger partial charge in [0.05, 0.1) is 11.9 Å². The molecule has 0 saturated heterocycles. The third kappa shape index (κ3) is 1.12. The van der Waals surface area contributed by atoms with Crippen LogP contribution in [0.3, 0.4) is 0 Å². The van der Waals surface area contributed by atoms with Gasteiger partial charge in [-0.15, -0.1) is 0 Å². The van der Waals surface area contributed by atoms with Crippen molar-refractivity contribution in [1.29, 1.82) is 0 Å². The van der Waals surface area contributed by atoms with Crippen LogP contribution in [0.2, 0.25) is 0 Å². The molecule has 0 bridgehead atoms. The second kappa shape index (κ2) is 3.08. The van der Waals surface area contributed by atoms with E-state index in [1.165, 1.54) is 5.22 Å². The third-order valence-corrected chi connectivity index (χ3v) is 3.17. The van der Waals surface area contributed by atoms with Gasteiger partial charge in [-0.05, 0) is 12.1 Å². The number of aliphatic imine (C=N–C) groups is 1. The van der Waals surface area contributed by atoms with E-state index in [1.54, 1.807) is 6.26 Å². The van der Waals surface area contributed by atoms with E-state index >= 15 is 0 Å². The number of nitrogens with zero attached hydrogens (tertiary/aromatic N) is 1. The molecule has 0 saturated carbocycles.